The normalized spacial score (nSPS) is 10.9. The van der Waals surface area contributed by atoms with Crippen LogP contribution in [0.3, 0.4) is 0 Å². The third kappa shape index (κ3) is 2.97. The predicted molar refractivity (Wildman–Crippen MR) is 48.3 cm³/mol. The zero-order chi connectivity index (χ0) is 11.6. The Kier molecular flexibility index (Phi) is 3.42. The molecule has 0 aliphatic heterocycles. The molecule has 0 fully saturated rings. The smallest absolute Gasteiger partial charge is 0.387 e. The van der Waals surface area contributed by atoms with E-state index in [1.807, 2.05) is 0 Å². The van der Waals surface area contributed by atoms with E-state index in [4.69, 9.17) is 16.9 Å². The maximum atomic E-state index is 11.8. The van der Waals surface area contributed by atoms with Crippen LogP contribution in [0.25, 0.3) is 0 Å². The fraction of sp³-hybridized carbons (Fsp3) is 0.143. The number of hydrogen-bond acceptors (Lipinski definition) is 3. The molecule has 1 heterocycles. The maximum Gasteiger partial charge on any atom is 0.574 e. The third-order valence-corrected chi connectivity index (χ3v) is 2.62. The molecule has 0 unspecified atom stereocenters. The van der Waals surface area contributed by atoms with Crippen LogP contribution in [-0.4, -0.2) is 11.3 Å². The first-order valence-electron chi connectivity index (χ1n) is 3.35. The van der Waals surface area contributed by atoms with Gasteiger partial charge in [-0.3, -0.25) is 0 Å². The van der Waals surface area contributed by atoms with Gasteiger partial charge in [-0.1, -0.05) is 11.6 Å². The van der Waals surface area contributed by atoms with Gasteiger partial charge in [0.15, 0.2) is 0 Å². The number of halogens is 5. The molecule has 80 valence electrons. The minimum Gasteiger partial charge on any atom is -0.387 e. The van der Waals surface area contributed by atoms with Crippen molar-refractivity contribution in [3.05, 3.63) is 21.3 Å². The molecule has 0 amide bonds. The van der Waals surface area contributed by atoms with E-state index in [2.05, 4.69) is 25.7 Å². The minimum absolute atomic E-state index is 0.0435. The molecule has 3 nitrogen and oxygen atoms in total. The molecular formula is C7HBrClF3N2O. The van der Waals surface area contributed by atoms with Crippen molar-refractivity contribution in [2.45, 2.75) is 6.36 Å². The van der Waals surface area contributed by atoms with Gasteiger partial charge in [0.05, 0.1) is 21.3 Å². The topological polar surface area (TPSA) is 45.9 Å². The lowest BCUT2D eigenvalue weighted by molar-refractivity contribution is -0.276. The third-order valence-electron chi connectivity index (χ3n) is 1.26. The SMILES string of the molecule is N#Cc1cnc(OC(F)(F)F)c(Br)c1Cl. The summed E-state index contributed by atoms with van der Waals surface area (Å²) in [5.41, 5.74) is -0.0435. The van der Waals surface area contributed by atoms with Crippen LogP contribution in [0, 0.1) is 11.3 Å². The van der Waals surface area contributed by atoms with Crippen LogP contribution in [0.2, 0.25) is 5.02 Å². The summed E-state index contributed by atoms with van der Waals surface area (Å²) >= 11 is 8.32. The zero-order valence-electron chi connectivity index (χ0n) is 6.77. The number of ether oxygens (including phenoxy) is 1. The molecule has 0 aliphatic carbocycles. The Morgan fingerprint density at radius 1 is 1.53 bits per heavy atom. The Bertz CT molecular complexity index is 429. The highest BCUT2D eigenvalue weighted by atomic mass is 79.9. The first-order valence-corrected chi connectivity index (χ1v) is 4.52. The van der Waals surface area contributed by atoms with Gasteiger partial charge in [0.1, 0.15) is 6.07 Å². The lowest BCUT2D eigenvalue weighted by atomic mass is 10.3. The molecule has 0 spiro atoms. The molecule has 1 aromatic heterocycles. The van der Waals surface area contributed by atoms with Gasteiger partial charge in [-0.25, -0.2) is 4.98 Å². The average molecular weight is 301 g/mol. The summed E-state index contributed by atoms with van der Waals surface area (Å²) in [5, 5.41) is 8.33. The predicted octanol–water partition coefficient (Wildman–Crippen LogP) is 3.27. The van der Waals surface area contributed by atoms with Gasteiger partial charge in [-0.05, 0) is 15.9 Å². The lowest BCUT2D eigenvalue weighted by Gasteiger charge is -2.10. The summed E-state index contributed by atoms with van der Waals surface area (Å²) in [6.45, 7) is 0. The molecule has 15 heavy (non-hydrogen) atoms. The van der Waals surface area contributed by atoms with Crippen LogP contribution in [0.15, 0.2) is 10.7 Å². The second kappa shape index (κ2) is 4.24. The molecule has 0 saturated heterocycles. The summed E-state index contributed by atoms with van der Waals surface area (Å²) in [6, 6.07) is 1.66. The van der Waals surface area contributed by atoms with Crippen LogP contribution in [0.5, 0.6) is 5.88 Å². The summed E-state index contributed by atoms with van der Waals surface area (Å²) in [6.07, 6.45) is -3.96. The van der Waals surface area contributed by atoms with Gasteiger partial charge in [-0.2, -0.15) is 5.26 Å². The molecule has 0 aliphatic rings. The summed E-state index contributed by atoms with van der Waals surface area (Å²) in [4.78, 5) is 3.30. The van der Waals surface area contributed by atoms with Crippen LogP contribution in [0.1, 0.15) is 5.56 Å². The van der Waals surface area contributed by atoms with Crippen molar-refractivity contribution in [3.8, 4) is 11.9 Å². The second-order valence-corrected chi connectivity index (χ2v) is 3.44. The number of rotatable bonds is 1. The van der Waals surface area contributed by atoms with Crippen molar-refractivity contribution >= 4 is 27.5 Å². The Hall–Kier alpha value is -1.00. The minimum atomic E-state index is -4.85. The molecule has 0 N–H and O–H groups in total. The van der Waals surface area contributed by atoms with E-state index in [1.54, 1.807) is 6.07 Å². The Balaban J connectivity index is 3.14. The number of nitriles is 1. The first-order chi connectivity index (χ1) is 6.85. The van der Waals surface area contributed by atoms with E-state index in [0.29, 0.717) is 0 Å². The molecule has 0 radical (unpaired) electrons. The van der Waals surface area contributed by atoms with Crippen LogP contribution < -0.4 is 4.74 Å². The van der Waals surface area contributed by atoms with Crippen LogP contribution in [-0.2, 0) is 0 Å². The molecule has 1 rings (SSSR count). The molecule has 0 bridgehead atoms. The van der Waals surface area contributed by atoms with Crippen molar-refractivity contribution in [3.63, 3.8) is 0 Å². The maximum absolute atomic E-state index is 11.8. The summed E-state index contributed by atoms with van der Waals surface area (Å²) in [5.74, 6) is -0.730. The largest absolute Gasteiger partial charge is 0.574 e. The van der Waals surface area contributed by atoms with E-state index in [1.165, 1.54) is 0 Å². The molecule has 1 aromatic rings. The molecule has 8 heteroatoms. The Labute approximate surface area is 95.6 Å². The van der Waals surface area contributed by atoms with E-state index in [-0.39, 0.29) is 15.1 Å². The average Bonchev–Trinajstić information content (AvgIpc) is 2.11. The van der Waals surface area contributed by atoms with Crippen molar-refractivity contribution in [1.82, 2.24) is 4.98 Å². The van der Waals surface area contributed by atoms with Crippen LogP contribution >= 0.6 is 27.5 Å². The van der Waals surface area contributed by atoms with Gasteiger partial charge in [0.2, 0.25) is 5.88 Å². The second-order valence-electron chi connectivity index (χ2n) is 2.26. The first kappa shape index (κ1) is 12.1. The quantitative estimate of drug-likeness (QED) is 0.800. The zero-order valence-corrected chi connectivity index (χ0v) is 9.11. The van der Waals surface area contributed by atoms with Crippen molar-refractivity contribution < 1.29 is 17.9 Å². The Morgan fingerprint density at radius 3 is 2.60 bits per heavy atom. The van der Waals surface area contributed by atoms with E-state index in [9.17, 15) is 13.2 Å². The molecular weight excluding hydrogens is 300 g/mol. The molecule has 0 saturated carbocycles. The molecule has 0 aromatic carbocycles. The highest BCUT2D eigenvalue weighted by Gasteiger charge is 2.33. The van der Waals surface area contributed by atoms with Crippen molar-refractivity contribution in [1.29, 1.82) is 5.26 Å². The summed E-state index contributed by atoms with van der Waals surface area (Å²) < 4.78 is 38.9. The van der Waals surface area contributed by atoms with Gasteiger partial charge in [-0.15, -0.1) is 13.2 Å². The van der Waals surface area contributed by atoms with E-state index in [0.717, 1.165) is 6.20 Å². The highest BCUT2D eigenvalue weighted by molar-refractivity contribution is 9.10. The summed E-state index contributed by atoms with van der Waals surface area (Å²) in [7, 11) is 0. The molecule has 0 atom stereocenters. The fourth-order valence-corrected chi connectivity index (χ4v) is 1.28. The number of pyridine rings is 1. The van der Waals surface area contributed by atoms with Gasteiger partial charge in [0, 0.05) is 0 Å². The van der Waals surface area contributed by atoms with E-state index >= 15 is 0 Å². The number of alkyl halides is 3. The van der Waals surface area contributed by atoms with Gasteiger partial charge in [0.25, 0.3) is 0 Å². The Morgan fingerprint density at radius 2 is 2.13 bits per heavy atom. The fourth-order valence-electron chi connectivity index (χ4n) is 0.707. The monoisotopic (exact) mass is 300 g/mol. The van der Waals surface area contributed by atoms with Crippen LogP contribution in [0.4, 0.5) is 13.2 Å². The standard InChI is InChI=1S/C7HBrClF3N2O/c8-4-5(9)3(1-13)2-14-6(4)15-7(10,11)12/h2H. The number of aromatic nitrogens is 1. The number of nitrogens with zero attached hydrogens (tertiary/aromatic N) is 2. The van der Waals surface area contributed by atoms with Gasteiger partial charge < -0.3 is 4.74 Å². The van der Waals surface area contributed by atoms with Gasteiger partial charge >= 0.3 is 6.36 Å². The van der Waals surface area contributed by atoms with Crippen molar-refractivity contribution in [2.24, 2.45) is 0 Å². The lowest BCUT2D eigenvalue weighted by Crippen LogP contribution is -2.18. The van der Waals surface area contributed by atoms with E-state index < -0.39 is 12.2 Å². The number of hydrogen-bond donors (Lipinski definition) is 0. The van der Waals surface area contributed by atoms with Crippen molar-refractivity contribution in [2.75, 3.05) is 0 Å². The highest BCUT2D eigenvalue weighted by Crippen LogP contribution is 2.35.